The summed E-state index contributed by atoms with van der Waals surface area (Å²) in [6.45, 7) is 6.49. The first-order valence-electron chi connectivity index (χ1n) is 8.46. The van der Waals surface area contributed by atoms with Crippen LogP contribution in [0.15, 0.2) is 30.3 Å². The third-order valence-corrected chi connectivity index (χ3v) is 4.05. The van der Waals surface area contributed by atoms with E-state index in [-0.39, 0.29) is 5.91 Å². The Kier molecular flexibility index (Phi) is 4.74. The van der Waals surface area contributed by atoms with Gasteiger partial charge < -0.3 is 20.8 Å². The van der Waals surface area contributed by atoms with Gasteiger partial charge in [0.05, 0.1) is 18.7 Å². The maximum absolute atomic E-state index is 11.8. The van der Waals surface area contributed by atoms with E-state index in [1.54, 1.807) is 0 Å². The zero-order chi connectivity index (χ0) is 18.0. The summed E-state index contributed by atoms with van der Waals surface area (Å²) in [4.78, 5) is 11.8. The number of amides is 1. The molecule has 0 spiro atoms. The van der Waals surface area contributed by atoms with Crippen molar-refractivity contribution < 1.29 is 9.53 Å². The van der Waals surface area contributed by atoms with E-state index in [1.807, 2.05) is 31.2 Å². The van der Waals surface area contributed by atoms with Crippen LogP contribution in [0.5, 0.6) is 5.75 Å². The third-order valence-electron chi connectivity index (χ3n) is 4.05. The van der Waals surface area contributed by atoms with Gasteiger partial charge in [-0.15, -0.1) is 0 Å². The van der Waals surface area contributed by atoms with Crippen LogP contribution in [0, 0.1) is 12.3 Å². The predicted octanol–water partition coefficient (Wildman–Crippen LogP) is 4.20. The number of fused-ring (bicyclic) bond motifs is 1. The molecule has 130 valence electrons. The molecule has 1 heterocycles. The first kappa shape index (κ1) is 17.0. The number of rotatable bonds is 4. The molecule has 0 fully saturated rings. The van der Waals surface area contributed by atoms with E-state index in [1.165, 1.54) is 6.21 Å². The second kappa shape index (κ2) is 6.97. The van der Waals surface area contributed by atoms with Gasteiger partial charge in [-0.2, -0.15) is 0 Å². The Bertz CT molecular complexity index is 828. The number of aryl methyl sites for hydroxylation is 1. The molecule has 2 aromatic carbocycles. The zero-order valence-corrected chi connectivity index (χ0v) is 14.8. The van der Waals surface area contributed by atoms with Crippen molar-refractivity contribution in [1.82, 2.24) is 0 Å². The molecule has 5 nitrogen and oxygen atoms in total. The average molecular weight is 337 g/mol. The minimum Gasteiger partial charge on any atom is -0.490 e. The summed E-state index contributed by atoms with van der Waals surface area (Å²) in [6, 6.07) is 10.2. The van der Waals surface area contributed by atoms with Crippen molar-refractivity contribution in [3.05, 3.63) is 41.5 Å². The third kappa shape index (κ3) is 3.65. The van der Waals surface area contributed by atoms with E-state index in [2.05, 4.69) is 30.5 Å². The molecule has 0 unspecified atom stereocenters. The minimum absolute atomic E-state index is 0.0352. The van der Waals surface area contributed by atoms with Crippen LogP contribution in [-0.4, -0.2) is 24.8 Å². The van der Waals surface area contributed by atoms with Crippen LogP contribution in [0.3, 0.4) is 0 Å². The van der Waals surface area contributed by atoms with Crippen molar-refractivity contribution >= 4 is 23.5 Å². The molecule has 5 heteroatoms. The fourth-order valence-electron chi connectivity index (χ4n) is 2.99. The molecular formula is C20H23N3O2. The van der Waals surface area contributed by atoms with E-state index in [4.69, 9.17) is 10.1 Å². The zero-order valence-electron chi connectivity index (χ0n) is 14.8. The lowest BCUT2D eigenvalue weighted by Gasteiger charge is -2.17. The average Bonchev–Trinajstić information content (AvgIpc) is 2.74. The number of ether oxygens (including phenoxy) is 1. The van der Waals surface area contributed by atoms with Crippen LogP contribution in [0.1, 0.15) is 31.4 Å². The molecule has 3 rings (SSSR count). The summed E-state index contributed by atoms with van der Waals surface area (Å²) < 4.78 is 5.87. The normalized spacial score (nSPS) is 13.5. The number of hydrogen-bond donors (Lipinski definition) is 3. The highest BCUT2D eigenvalue weighted by Gasteiger charge is 2.19. The SMILES string of the molecule is Cc1cc2c(c(-c3ccc(NC(C)C)c(C=N)c3)c1)OCCC(=O)N2. The number of carbonyl (C=O) groups is 1. The van der Waals surface area contributed by atoms with E-state index < -0.39 is 0 Å². The van der Waals surface area contributed by atoms with Crippen molar-refractivity contribution in [2.75, 3.05) is 17.2 Å². The second-order valence-corrected chi connectivity index (χ2v) is 6.58. The summed E-state index contributed by atoms with van der Waals surface area (Å²) in [5.74, 6) is 0.656. The summed E-state index contributed by atoms with van der Waals surface area (Å²) in [7, 11) is 0. The van der Waals surface area contributed by atoms with Gasteiger partial charge in [0, 0.05) is 29.1 Å². The molecule has 0 atom stereocenters. The summed E-state index contributed by atoms with van der Waals surface area (Å²) in [5, 5.41) is 14.0. The molecule has 0 saturated heterocycles. The highest BCUT2D eigenvalue weighted by molar-refractivity contribution is 5.96. The number of hydrogen-bond acceptors (Lipinski definition) is 4. The molecule has 0 radical (unpaired) electrons. The molecule has 25 heavy (non-hydrogen) atoms. The number of benzene rings is 2. The van der Waals surface area contributed by atoms with E-state index in [0.717, 1.165) is 27.9 Å². The van der Waals surface area contributed by atoms with Gasteiger partial charge in [-0.1, -0.05) is 6.07 Å². The van der Waals surface area contributed by atoms with Crippen LogP contribution in [-0.2, 0) is 4.79 Å². The van der Waals surface area contributed by atoms with Crippen molar-refractivity contribution in [3.63, 3.8) is 0 Å². The fourth-order valence-corrected chi connectivity index (χ4v) is 2.99. The molecule has 1 aliphatic heterocycles. The maximum Gasteiger partial charge on any atom is 0.227 e. The Morgan fingerprint density at radius 3 is 2.80 bits per heavy atom. The largest absolute Gasteiger partial charge is 0.490 e. The Labute approximate surface area is 147 Å². The van der Waals surface area contributed by atoms with Crippen LogP contribution in [0.25, 0.3) is 11.1 Å². The van der Waals surface area contributed by atoms with Crippen LogP contribution in [0.4, 0.5) is 11.4 Å². The Balaban J connectivity index is 2.10. The molecule has 1 aliphatic rings. The van der Waals surface area contributed by atoms with Crippen molar-refractivity contribution in [1.29, 1.82) is 5.41 Å². The molecule has 0 saturated carbocycles. The maximum atomic E-state index is 11.8. The van der Waals surface area contributed by atoms with Gasteiger partial charge in [0.1, 0.15) is 0 Å². The Morgan fingerprint density at radius 1 is 1.28 bits per heavy atom. The lowest BCUT2D eigenvalue weighted by molar-refractivity contribution is -0.116. The molecular weight excluding hydrogens is 314 g/mol. The lowest BCUT2D eigenvalue weighted by Crippen LogP contribution is -2.11. The van der Waals surface area contributed by atoms with Gasteiger partial charge in [0.25, 0.3) is 0 Å². The van der Waals surface area contributed by atoms with Crippen LogP contribution in [0.2, 0.25) is 0 Å². The quantitative estimate of drug-likeness (QED) is 0.732. The molecule has 0 aromatic heterocycles. The van der Waals surface area contributed by atoms with E-state index in [0.29, 0.717) is 30.5 Å². The second-order valence-electron chi connectivity index (χ2n) is 6.58. The number of anilines is 2. The van der Waals surface area contributed by atoms with Crippen molar-refractivity contribution in [2.45, 2.75) is 33.2 Å². The van der Waals surface area contributed by atoms with Gasteiger partial charge >= 0.3 is 0 Å². The van der Waals surface area contributed by atoms with Gasteiger partial charge in [0.2, 0.25) is 5.91 Å². The lowest BCUT2D eigenvalue weighted by atomic mass is 9.98. The topological polar surface area (TPSA) is 74.2 Å². The van der Waals surface area contributed by atoms with Crippen molar-refractivity contribution in [2.24, 2.45) is 0 Å². The van der Waals surface area contributed by atoms with Gasteiger partial charge in [-0.3, -0.25) is 4.79 Å². The van der Waals surface area contributed by atoms with Crippen LogP contribution < -0.4 is 15.4 Å². The number of nitrogens with one attached hydrogen (secondary N) is 3. The molecule has 3 N–H and O–H groups in total. The molecule has 2 aromatic rings. The Morgan fingerprint density at radius 2 is 2.08 bits per heavy atom. The van der Waals surface area contributed by atoms with Gasteiger partial charge in [0.15, 0.2) is 5.75 Å². The molecule has 1 amide bonds. The van der Waals surface area contributed by atoms with Gasteiger partial charge in [-0.25, -0.2) is 0 Å². The number of carbonyl (C=O) groups excluding carboxylic acids is 1. The molecule has 0 bridgehead atoms. The van der Waals surface area contributed by atoms with Crippen LogP contribution >= 0.6 is 0 Å². The Hall–Kier alpha value is -2.82. The highest BCUT2D eigenvalue weighted by atomic mass is 16.5. The summed E-state index contributed by atoms with van der Waals surface area (Å²) >= 11 is 0. The van der Waals surface area contributed by atoms with E-state index >= 15 is 0 Å². The summed E-state index contributed by atoms with van der Waals surface area (Å²) in [6.07, 6.45) is 1.70. The molecule has 0 aliphatic carbocycles. The standard InChI is InChI=1S/C20H23N3O2/c1-12(2)22-17-5-4-14(10-15(17)11-21)16-8-13(3)9-18-20(16)25-7-6-19(24)23-18/h4-5,8-12,21-22H,6-7H2,1-3H3,(H,23,24). The summed E-state index contributed by atoms with van der Waals surface area (Å²) in [5.41, 5.74) is 5.39. The minimum atomic E-state index is -0.0352. The first-order chi connectivity index (χ1) is 12.0. The van der Waals surface area contributed by atoms with Gasteiger partial charge in [-0.05, 0) is 56.2 Å². The highest BCUT2D eigenvalue weighted by Crippen LogP contribution is 2.40. The predicted molar refractivity (Wildman–Crippen MR) is 102 cm³/mol. The monoisotopic (exact) mass is 337 g/mol. The smallest absolute Gasteiger partial charge is 0.227 e. The van der Waals surface area contributed by atoms with E-state index in [9.17, 15) is 4.79 Å². The first-order valence-corrected chi connectivity index (χ1v) is 8.46. The fraction of sp³-hybridized carbons (Fsp3) is 0.300. The van der Waals surface area contributed by atoms with Crippen molar-refractivity contribution in [3.8, 4) is 16.9 Å².